The van der Waals surface area contributed by atoms with E-state index in [1.54, 1.807) is 13.2 Å². The predicted octanol–water partition coefficient (Wildman–Crippen LogP) is 7.35. The van der Waals surface area contributed by atoms with E-state index in [2.05, 4.69) is 12.2 Å². The summed E-state index contributed by atoms with van der Waals surface area (Å²) < 4.78 is 22.7. The summed E-state index contributed by atoms with van der Waals surface area (Å²) in [6.07, 6.45) is 2.68. The number of imidazole rings is 1. The fourth-order valence-corrected chi connectivity index (χ4v) is 4.69. The number of halogens is 1. The highest BCUT2D eigenvalue weighted by molar-refractivity contribution is 6.00. The summed E-state index contributed by atoms with van der Waals surface area (Å²) in [7, 11) is 1.63. The number of hydrogen-bond donors (Lipinski definition) is 1. The number of nitrogens with one attached hydrogen (secondary N) is 1. The first-order valence-corrected chi connectivity index (χ1v) is 12.8. The number of nitrogens with zero attached hydrogens (tertiary/aromatic N) is 2. The van der Waals surface area contributed by atoms with Crippen LogP contribution in [0.4, 0.5) is 4.39 Å². The second-order valence-corrected chi connectivity index (χ2v) is 9.14. The molecule has 1 amide bonds. The van der Waals surface area contributed by atoms with Crippen molar-refractivity contribution in [2.24, 2.45) is 0 Å². The Morgan fingerprint density at radius 2 is 1.78 bits per heavy atom. The van der Waals surface area contributed by atoms with Gasteiger partial charge in [-0.1, -0.05) is 74.4 Å². The molecule has 0 aliphatic carbocycles. The lowest BCUT2D eigenvalue weighted by molar-refractivity contribution is 0.0925. The van der Waals surface area contributed by atoms with Crippen molar-refractivity contribution < 1.29 is 13.9 Å². The molecule has 0 fully saturated rings. The molecule has 1 atom stereocenters. The van der Waals surface area contributed by atoms with Crippen LogP contribution in [-0.4, -0.2) is 22.6 Å². The van der Waals surface area contributed by atoms with E-state index in [0.29, 0.717) is 29.3 Å². The minimum Gasteiger partial charge on any atom is -0.496 e. The highest BCUT2D eigenvalue weighted by atomic mass is 19.1. The molecule has 0 saturated heterocycles. The molecular weight excluding hydrogens is 465 g/mol. The van der Waals surface area contributed by atoms with Gasteiger partial charge in [0.1, 0.15) is 28.8 Å². The molecule has 1 N–H and O–H groups in total. The lowest BCUT2D eigenvalue weighted by Crippen LogP contribution is -2.31. The van der Waals surface area contributed by atoms with E-state index in [-0.39, 0.29) is 11.9 Å². The number of aromatic nitrogens is 2. The number of methoxy groups -OCH3 is 1. The predicted molar refractivity (Wildman–Crippen MR) is 146 cm³/mol. The van der Waals surface area contributed by atoms with Crippen molar-refractivity contribution in [2.75, 3.05) is 7.11 Å². The Hall–Kier alpha value is -3.93. The number of unbranched alkanes of at least 4 members (excludes halogenated alkanes) is 1. The first kappa shape index (κ1) is 26.1. The Bertz CT molecular complexity index is 1360. The van der Waals surface area contributed by atoms with Gasteiger partial charge < -0.3 is 14.6 Å². The van der Waals surface area contributed by atoms with Crippen LogP contribution < -0.4 is 10.1 Å². The van der Waals surface area contributed by atoms with Gasteiger partial charge in [-0.3, -0.25) is 4.79 Å². The van der Waals surface area contributed by atoms with Gasteiger partial charge >= 0.3 is 0 Å². The molecule has 192 valence electrons. The molecule has 0 aliphatic heterocycles. The Kier molecular flexibility index (Phi) is 8.39. The van der Waals surface area contributed by atoms with Gasteiger partial charge in [-0.05, 0) is 44.0 Å². The second kappa shape index (κ2) is 11.9. The molecule has 3 aromatic carbocycles. The van der Waals surface area contributed by atoms with Crippen molar-refractivity contribution in [1.29, 1.82) is 0 Å². The van der Waals surface area contributed by atoms with Gasteiger partial charge in [0.2, 0.25) is 0 Å². The standard InChI is InChI=1S/C31H34FN3O2/c1-5-7-16-26(24-15-11-12-17-27(24)37-4)33-31(36)29-28(23-19-18-21(3)20-25(23)32)34-30(35(29)6-2)22-13-9-8-10-14-22/h8-15,17-20,26H,5-7,16H2,1-4H3,(H,33,36). The summed E-state index contributed by atoms with van der Waals surface area (Å²) in [6.45, 7) is 6.43. The minimum absolute atomic E-state index is 0.264. The third-order valence-corrected chi connectivity index (χ3v) is 6.58. The molecule has 1 heterocycles. The zero-order chi connectivity index (χ0) is 26.4. The number of carbonyl (C=O) groups excluding carboxylic acids is 1. The average molecular weight is 500 g/mol. The number of carbonyl (C=O) groups is 1. The van der Waals surface area contributed by atoms with E-state index >= 15 is 4.39 Å². The van der Waals surface area contributed by atoms with Crippen molar-refractivity contribution in [2.45, 2.75) is 52.6 Å². The molecular formula is C31H34FN3O2. The Balaban J connectivity index is 1.85. The van der Waals surface area contributed by atoms with Crippen LogP contribution in [0.3, 0.4) is 0 Å². The van der Waals surface area contributed by atoms with Crippen molar-refractivity contribution in [1.82, 2.24) is 14.9 Å². The van der Waals surface area contributed by atoms with Crippen LogP contribution in [0.25, 0.3) is 22.6 Å². The molecule has 0 spiro atoms. The molecule has 1 aromatic heterocycles. The SMILES string of the molecule is CCCCC(NC(=O)c1c(-c2ccc(C)cc2F)nc(-c2ccccc2)n1CC)c1ccccc1OC. The number of rotatable bonds is 10. The summed E-state index contributed by atoms with van der Waals surface area (Å²) in [5, 5.41) is 3.24. The number of hydrogen-bond acceptors (Lipinski definition) is 3. The quantitative estimate of drug-likeness (QED) is 0.248. The van der Waals surface area contributed by atoms with Gasteiger partial charge in [-0.15, -0.1) is 0 Å². The molecule has 0 saturated carbocycles. The van der Waals surface area contributed by atoms with Crippen molar-refractivity contribution in [3.05, 3.63) is 95.4 Å². The number of para-hydroxylation sites is 1. The summed E-state index contributed by atoms with van der Waals surface area (Å²) in [6, 6.07) is 22.2. The van der Waals surface area contributed by atoms with Gasteiger partial charge in [0.15, 0.2) is 0 Å². The Morgan fingerprint density at radius 1 is 1.05 bits per heavy atom. The lowest BCUT2D eigenvalue weighted by atomic mass is 9.99. The van der Waals surface area contributed by atoms with Gasteiger partial charge in [0, 0.05) is 23.2 Å². The lowest BCUT2D eigenvalue weighted by Gasteiger charge is -2.22. The zero-order valence-electron chi connectivity index (χ0n) is 21.9. The highest BCUT2D eigenvalue weighted by Crippen LogP contribution is 2.33. The summed E-state index contributed by atoms with van der Waals surface area (Å²) in [5.41, 5.74) is 3.58. The number of benzene rings is 3. The van der Waals surface area contributed by atoms with Crippen LogP contribution in [-0.2, 0) is 6.54 Å². The van der Waals surface area contributed by atoms with Crippen LogP contribution in [0.1, 0.15) is 60.8 Å². The molecule has 0 radical (unpaired) electrons. The van der Waals surface area contributed by atoms with E-state index < -0.39 is 5.82 Å². The minimum atomic E-state index is -0.401. The topological polar surface area (TPSA) is 56.2 Å². The fraction of sp³-hybridized carbons (Fsp3) is 0.290. The molecule has 37 heavy (non-hydrogen) atoms. The molecule has 6 heteroatoms. The smallest absolute Gasteiger partial charge is 0.270 e. The number of ether oxygens (including phenoxy) is 1. The maximum Gasteiger partial charge on any atom is 0.270 e. The molecule has 5 nitrogen and oxygen atoms in total. The maximum atomic E-state index is 15.2. The normalized spacial score (nSPS) is 11.8. The van der Waals surface area contributed by atoms with E-state index in [0.717, 1.165) is 41.7 Å². The molecule has 1 unspecified atom stereocenters. The zero-order valence-corrected chi connectivity index (χ0v) is 21.9. The fourth-order valence-electron chi connectivity index (χ4n) is 4.69. The van der Waals surface area contributed by atoms with E-state index in [1.165, 1.54) is 6.07 Å². The van der Waals surface area contributed by atoms with Crippen molar-refractivity contribution >= 4 is 5.91 Å². The number of aryl methyl sites for hydroxylation is 1. The Morgan fingerprint density at radius 3 is 2.46 bits per heavy atom. The summed E-state index contributed by atoms with van der Waals surface area (Å²) >= 11 is 0. The largest absolute Gasteiger partial charge is 0.496 e. The molecule has 0 aliphatic rings. The van der Waals surface area contributed by atoms with E-state index in [4.69, 9.17) is 9.72 Å². The van der Waals surface area contributed by atoms with Crippen molar-refractivity contribution in [3.63, 3.8) is 0 Å². The highest BCUT2D eigenvalue weighted by Gasteiger charge is 2.28. The summed E-state index contributed by atoms with van der Waals surface area (Å²) in [4.78, 5) is 18.9. The third kappa shape index (κ3) is 5.58. The van der Waals surface area contributed by atoms with Crippen LogP contribution >= 0.6 is 0 Å². The van der Waals surface area contributed by atoms with Gasteiger partial charge in [-0.25, -0.2) is 9.37 Å². The number of amides is 1. The van der Waals surface area contributed by atoms with Gasteiger partial charge in [-0.2, -0.15) is 0 Å². The van der Waals surface area contributed by atoms with Crippen LogP contribution in [0.15, 0.2) is 72.8 Å². The molecule has 4 rings (SSSR count). The van der Waals surface area contributed by atoms with Crippen LogP contribution in [0, 0.1) is 12.7 Å². The first-order valence-electron chi connectivity index (χ1n) is 12.8. The average Bonchev–Trinajstić information content (AvgIpc) is 3.31. The second-order valence-electron chi connectivity index (χ2n) is 9.14. The molecule has 4 aromatic rings. The van der Waals surface area contributed by atoms with E-state index in [9.17, 15) is 4.79 Å². The monoisotopic (exact) mass is 499 g/mol. The molecule has 0 bridgehead atoms. The van der Waals surface area contributed by atoms with Crippen LogP contribution in [0.5, 0.6) is 5.75 Å². The van der Waals surface area contributed by atoms with Crippen molar-refractivity contribution in [3.8, 4) is 28.4 Å². The van der Waals surface area contributed by atoms with Gasteiger partial charge in [0.25, 0.3) is 5.91 Å². The Labute approximate surface area is 218 Å². The van der Waals surface area contributed by atoms with E-state index in [1.807, 2.05) is 79.1 Å². The van der Waals surface area contributed by atoms with Gasteiger partial charge in [0.05, 0.1) is 13.2 Å². The first-order chi connectivity index (χ1) is 18.0. The third-order valence-electron chi connectivity index (χ3n) is 6.58. The summed E-state index contributed by atoms with van der Waals surface area (Å²) in [5.74, 6) is 0.661. The maximum absolute atomic E-state index is 15.2. The van der Waals surface area contributed by atoms with Crippen LogP contribution in [0.2, 0.25) is 0 Å².